The number of hydrogen-bond donors (Lipinski definition) is 2. The van der Waals surface area contributed by atoms with E-state index in [-0.39, 0.29) is 11.6 Å². The Kier molecular flexibility index (Phi) is 3.06. The average Bonchev–Trinajstić information content (AvgIpc) is 2.58. The van der Waals surface area contributed by atoms with E-state index in [1.165, 1.54) is 17.5 Å². The summed E-state index contributed by atoms with van der Waals surface area (Å²) in [6.45, 7) is 3.86. The molecule has 2 rings (SSSR count). The predicted molar refractivity (Wildman–Crippen MR) is 68.2 cm³/mol. The molecule has 0 unspecified atom stereocenters. The summed E-state index contributed by atoms with van der Waals surface area (Å²) in [5, 5.41) is 3.25. The highest BCUT2D eigenvalue weighted by atomic mass is 32.1. The minimum Gasteiger partial charge on any atom is -0.397 e. The summed E-state index contributed by atoms with van der Waals surface area (Å²) in [5.74, 6) is -0.336. The van der Waals surface area contributed by atoms with E-state index in [4.69, 9.17) is 5.73 Å². The van der Waals surface area contributed by atoms with E-state index < -0.39 is 0 Å². The van der Waals surface area contributed by atoms with Crippen LogP contribution in [0.3, 0.4) is 0 Å². The Labute approximate surface area is 103 Å². The lowest BCUT2D eigenvalue weighted by Gasteiger charge is -2.02. The molecule has 0 spiro atoms. The van der Waals surface area contributed by atoms with Crippen molar-refractivity contribution in [3.63, 3.8) is 0 Å². The lowest BCUT2D eigenvalue weighted by molar-refractivity contribution is 0.102. The number of carbonyl (C=O) groups excluding carboxylic acids is 1. The summed E-state index contributed by atoms with van der Waals surface area (Å²) in [7, 11) is 0. The van der Waals surface area contributed by atoms with Crippen molar-refractivity contribution in [3.8, 4) is 0 Å². The molecule has 0 aromatic carbocycles. The van der Waals surface area contributed by atoms with Crippen molar-refractivity contribution in [1.82, 2.24) is 9.97 Å². The Bertz CT molecular complexity index is 545. The van der Waals surface area contributed by atoms with E-state index in [1.807, 2.05) is 13.8 Å². The molecule has 0 aliphatic heterocycles. The van der Waals surface area contributed by atoms with Gasteiger partial charge in [0.15, 0.2) is 10.8 Å². The lowest BCUT2D eigenvalue weighted by atomic mass is 10.3. The van der Waals surface area contributed by atoms with E-state index in [9.17, 15) is 4.79 Å². The molecule has 5 nitrogen and oxygen atoms in total. The summed E-state index contributed by atoms with van der Waals surface area (Å²) in [5.41, 5.74) is 7.16. The van der Waals surface area contributed by atoms with Gasteiger partial charge >= 0.3 is 0 Å². The van der Waals surface area contributed by atoms with E-state index in [2.05, 4.69) is 15.3 Å². The molecule has 1 amide bonds. The fourth-order valence-electron chi connectivity index (χ4n) is 1.29. The second-order valence-corrected chi connectivity index (χ2v) is 4.76. The number of hydrogen-bond acceptors (Lipinski definition) is 5. The van der Waals surface area contributed by atoms with E-state index >= 15 is 0 Å². The summed E-state index contributed by atoms with van der Waals surface area (Å²) in [4.78, 5) is 21.1. The van der Waals surface area contributed by atoms with Crippen LogP contribution in [0.2, 0.25) is 0 Å². The number of aryl methyl sites for hydroxylation is 2. The summed E-state index contributed by atoms with van der Waals surface area (Å²) in [6, 6.07) is 3.32. The first-order chi connectivity index (χ1) is 8.08. The van der Waals surface area contributed by atoms with Gasteiger partial charge in [-0.05, 0) is 26.0 Å². The molecule has 17 heavy (non-hydrogen) atoms. The monoisotopic (exact) mass is 248 g/mol. The van der Waals surface area contributed by atoms with Crippen molar-refractivity contribution in [2.75, 3.05) is 11.1 Å². The molecule has 6 heteroatoms. The van der Waals surface area contributed by atoms with Gasteiger partial charge in [-0.25, -0.2) is 9.97 Å². The SMILES string of the molecule is Cc1nc(NC(=O)c2ncccc2N)sc1C. The largest absolute Gasteiger partial charge is 0.397 e. The standard InChI is InChI=1S/C11H12N4OS/c1-6-7(2)17-11(14-6)15-10(16)9-8(12)4-3-5-13-9/h3-5H,12H2,1-2H3,(H,14,15,16). The van der Waals surface area contributed by atoms with E-state index in [0.29, 0.717) is 10.8 Å². The number of nitrogens with two attached hydrogens (primary N) is 1. The quantitative estimate of drug-likeness (QED) is 0.851. The number of nitrogen functional groups attached to an aromatic ring is 1. The minimum atomic E-state index is -0.336. The smallest absolute Gasteiger partial charge is 0.278 e. The number of anilines is 2. The highest BCUT2D eigenvalue weighted by molar-refractivity contribution is 7.15. The third-order valence-corrected chi connectivity index (χ3v) is 3.29. The van der Waals surface area contributed by atoms with Crippen LogP contribution < -0.4 is 11.1 Å². The van der Waals surface area contributed by atoms with Gasteiger partial charge in [0, 0.05) is 11.1 Å². The number of aromatic nitrogens is 2. The molecule has 0 atom stereocenters. The van der Waals surface area contributed by atoms with E-state index in [1.54, 1.807) is 12.1 Å². The molecule has 88 valence electrons. The third kappa shape index (κ3) is 2.42. The van der Waals surface area contributed by atoms with Gasteiger partial charge in [0.05, 0.1) is 11.4 Å². The summed E-state index contributed by atoms with van der Waals surface area (Å²) < 4.78 is 0. The van der Waals surface area contributed by atoms with Gasteiger partial charge in [-0.15, -0.1) is 11.3 Å². The molecule has 0 radical (unpaired) electrons. The number of rotatable bonds is 2. The van der Waals surface area contributed by atoms with Gasteiger partial charge in [-0.3, -0.25) is 10.1 Å². The Morgan fingerprint density at radius 2 is 2.24 bits per heavy atom. The minimum absolute atomic E-state index is 0.220. The molecule has 0 bridgehead atoms. The number of amides is 1. The fourth-order valence-corrected chi connectivity index (χ4v) is 2.10. The van der Waals surface area contributed by atoms with Gasteiger partial charge in [-0.2, -0.15) is 0 Å². The number of carbonyl (C=O) groups is 1. The van der Waals surface area contributed by atoms with Crippen molar-refractivity contribution in [1.29, 1.82) is 0 Å². The molecule has 2 heterocycles. The van der Waals surface area contributed by atoms with Crippen molar-refractivity contribution in [3.05, 3.63) is 34.6 Å². The van der Waals surface area contributed by atoms with Crippen LogP contribution in [0.1, 0.15) is 21.1 Å². The van der Waals surface area contributed by atoms with Crippen LogP contribution in [-0.2, 0) is 0 Å². The van der Waals surface area contributed by atoms with Gasteiger partial charge in [0.1, 0.15) is 0 Å². The Morgan fingerprint density at radius 1 is 1.47 bits per heavy atom. The van der Waals surface area contributed by atoms with Crippen molar-refractivity contribution >= 4 is 28.1 Å². The first-order valence-electron chi connectivity index (χ1n) is 5.04. The zero-order chi connectivity index (χ0) is 12.4. The molecular weight excluding hydrogens is 236 g/mol. The molecule has 0 fully saturated rings. The maximum atomic E-state index is 11.9. The molecule has 2 aromatic heterocycles. The van der Waals surface area contributed by atoms with Crippen LogP contribution in [0.4, 0.5) is 10.8 Å². The zero-order valence-corrected chi connectivity index (χ0v) is 10.3. The second-order valence-electron chi connectivity index (χ2n) is 3.56. The molecule has 0 saturated carbocycles. The van der Waals surface area contributed by atoms with Crippen LogP contribution in [-0.4, -0.2) is 15.9 Å². The van der Waals surface area contributed by atoms with Crippen LogP contribution in [0.5, 0.6) is 0 Å². The highest BCUT2D eigenvalue weighted by Crippen LogP contribution is 2.22. The molecular formula is C11H12N4OS. The lowest BCUT2D eigenvalue weighted by Crippen LogP contribution is -2.15. The topological polar surface area (TPSA) is 80.9 Å². The summed E-state index contributed by atoms with van der Waals surface area (Å²) in [6.07, 6.45) is 1.53. The van der Waals surface area contributed by atoms with Gasteiger partial charge in [-0.1, -0.05) is 0 Å². The van der Waals surface area contributed by atoms with Crippen LogP contribution >= 0.6 is 11.3 Å². The first-order valence-corrected chi connectivity index (χ1v) is 5.85. The van der Waals surface area contributed by atoms with Crippen molar-refractivity contribution < 1.29 is 4.79 Å². The molecule has 3 N–H and O–H groups in total. The molecule has 0 saturated heterocycles. The second kappa shape index (κ2) is 4.50. The van der Waals surface area contributed by atoms with Crippen molar-refractivity contribution in [2.24, 2.45) is 0 Å². The number of nitrogens with one attached hydrogen (secondary N) is 1. The Morgan fingerprint density at radius 3 is 2.82 bits per heavy atom. The zero-order valence-electron chi connectivity index (χ0n) is 9.52. The van der Waals surface area contributed by atoms with Gasteiger partial charge in [0.2, 0.25) is 0 Å². The molecule has 0 aliphatic carbocycles. The molecule has 0 aliphatic rings. The van der Waals surface area contributed by atoms with E-state index in [0.717, 1.165) is 10.6 Å². The maximum Gasteiger partial charge on any atom is 0.278 e. The van der Waals surface area contributed by atoms with Crippen molar-refractivity contribution in [2.45, 2.75) is 13.8 Å². The fraction of sp³-hybridized carbons (Fsp3) is 0.182. The highest BCUT2D eigenvalue weighted by Gasteiger charge is 2.13. The normalized spacial score (nSPS) is 10.2. The number of pyridine rings is 1. The molecule has 2 aromatic rings. The van der Waals surface area contributed by atoms with Crippen LogP contribution in [0.15, 0.2) is 18.3 Å². The summed E-state index contributed by atoms with van der Waals surface area (Å²) >= 11 is 1.43. The van der Waals surface area contributed by atoms with Gasteiger partial charge < -0.3 is 5.73 Å². The predicted octanol–water partition coefficient (Wildman–Crippen LogP) is 1.99. The van der Waals surface area contributed by atoms with Crippen LogP contribution in [0.25, 0.3) is 0 Å². The first kappa shape index (κ1) is 11.5. The number of nitrogens with zero attached hydrogens (tertiary/aromatic N) is 2. The maximum absolute atomic E-state index is 11.9. The van der Waals surface area contributed by atoms with Gasteiger partial charge in [0.25, 0.3) is 5.91 Å². The number of thiazole rings is 1. The average molecular weight is 248 g/mol. The Hall–Kier alpha value is -1.95. The van der Waals surface area contributed by atoms with Crippen LogP contribution in [0, 0.1) is 13.8 Å². The Balaban J connectivity index is 2.20. The third-order valence-electron chi connectivity index (χ3n) is 2.30.